The number of rotatable bonds is 5. The minimum absolute atomic E-state index is 0.717. The standard InChI is InChI=1S/C23H22ClN3O/c24-21-5-3-19(4-6-21)23-15-25-10-9-20(23)16-26-11-13-27(14-12-26)22-7-1-18(17-28)2-8-22/h1-10,15,17H,11-14,16H2. The molecular formula is C23H22ClN3O. The molecule has 0 aliphatic carbocycles. The topological polar surface area (TPSA) is 36.4 Å². The van der Waals surface area contributed by atoms with Crippen molar-refractivity contribution in [2.45, 2.75) is 6.54 Å². The van der Waals surface area contributed by atoms with Crippen LogP contribution in [-0.4, -0.2) is 42.3 Å². The summed E-state index contributed by atoms with van der Waals surface area (Å²) in [7, 11) is 0. The number of anilines is 1. The molecule has 28 heavy (non-hydrogen) atoms. The summed E-state index contributed by atoms with van der Waals surface area (Å²) in [5, 5.41) is 0.742. The van der Waals surface area contributed by atoms with E-state index in [0.717, 1.165) is 60.7 Å². The predicted octanol–water partition coefficient (Wildman–Crippen LogP) is 4.54. The van der Waals surface area contributed by atoms with Crippen LogP contribution in [0.3, 0.4) is 0 Å². The maximum atomic E-state index is 10.8. The van der Waals surface area contributed by atoms with E-state index in [4.69, 9.17) is 11.6 Å². The molecule has 0 unspecified atom stereocenters. The number of benzene rings is 2. The lowest BCUT2D eigenvalue weighted by Gasteiger charge is -2.36. The van der Waals surface area contributed by atoms with E-state index in [1.165, 1.54) is 11.3 Å². The fourth-order valence-electron chi connectivity index (χ4n) is 3.62. The van der Waals surface area contributed by atoms with Crippen molar-refractivity contribution < 1.29 is 4.79 Å². The van der Waals surface area contributed by atoms with Gasteiger partial charge < -0.3 is 4.90 Å². The van der Waals surface area contributed by atoms with Crippen LogP contribution in [0.4, 0.5) is 5.69 Å². The van der Waals surface area contributed by atoms with Crippen LogP contribution in [0.2, 0.25) is 5.02 Å². The minimum atomic E-state index is 0.717. The first-order valence-electron chi connectivity index (χ1n) is 9.44. The third-order valence-corrected chi connectivity index (χ3v) is 5.48. The Morgan fingerprint density at radius 3 is 2.32 bits per heavy atom. The lowest BCUT2D eigenvalue weighted by atomic mass is 10.0. The van der Waals surface area contributed by atoms with Gasteiger partial charge in [-0.1, -0.05) is 23.7 Å². The fraction of sp³-hybridized carbons (Fsp3) is 0.217. The number of carbonyl (C=O) groups excluding carboxylic acids is 1. The monoisotopic (exact) mass is 391 g/mol. The maximum absolute atomic E-state index is 10.8. The summed E-state index contributed by atoms with van der Waals surface area (Å²) in [5.74, 6) is 0. The van der Waals surface area contributed by atoms with Crippen molar-refractivity contribution in [2.75, 3.05) is 31.1 Å². The summed E-state index contributed by atoms with van der Waals surface area (Å²) in [6, 6.07) is 17.8. The van der Waals surface area contributed by atoms with E-state index in [0.29, 0.717) is 0 Å². The second kappa shape index (κ2) is 8.55. The highest BCUT2D eigenvalue weighted by Gasteiger charge is 2.18. The van der Waals surface area contributed by atoms with Gasteiger partial charge in [0.15, 0.2) is 0 Å². The molecule has 5 heteroatoms. The predicted molar refractivity (Wildman–Crippen MR) is 114 cm³/mol. The van der Waals surface area contributed by atoms with Crippen LogP contribution in [0, 0.1) is 0 Å². The molecule has 1 saturated heterocycles. The first-order valence-corrected chi connectivity index (χ1v) is 9.82. The molecule has 0 bridgehead atoms. The van der Waals surface area contributed by atoms with Gasteiger partial charge in [0.05, 0.1) is 0 Å². The zero-order chi connectivity index (χ0) is 19.3. The number of pyridine rings is 1. The molecule has 0 N–H and O–H groups in total. The van der Waals surface area contributed by atoms with Crippen LogP contribution in [0.1, 0.15) is 15.9 Å². The van der Waals surface area contributed by atoms with Gasteiger partial charge in [-0.2, -0.15) is 0 Å². The number of aldehydes is 1. The highest BCUT2D eigenvalue weighted by molar-refractivity contribution is 6.30. The fourth-order valence-corrected chi connectivity index (χ4v) is 3.75. The number of hydrogen-bond acceptors (Lipinski definition) is 4. The maximum Gasteiger partial charge on any atom is 0.150 e. The van der Waals surface area contributed by atoms with Crippen LogP contribution in [-0.2, 0) is 6.54 Å². The molecule has 2 heterocycles. The molecule has 1 fully saturated rings. The van der Waals surface area contributed by atoms with E-state index in [9.17, 15) is 4.79 Å². The molecule has 3 aromatic rings. The Labute approximate surface area is 170 Å². The van der Waals surface area contributed by atoms with Crippen LogP contribution < -0.4 is 4.90 Å². The SMILES string of the molecule is O=Cc1ccc(N2CCN(Cc3ccncc3-c3ccc(Cl)cc3)CC2)cc1. The summed E-state index contributed by atoms with van der Waals surface area (Å²) in [5.41, 5.74) is 5.47. The molecule has 1 aliphatic rings. The molecule has 0 radical (unpaired) electrons. The van der Waals surface area contributed by atoms with Crippen molar-refractivity contribution >= 4 is 23.6 Å². The van der Waals surface area contributed by atoms with Crippen molar-refractivity contribution in [1.29, 1.82) is 0 Å². The van der Waals surface area contributed by atoms with Crippen molar-refractivity contribution in [3.63, 3.8) is 0 Å². The summed E-state index contributed by atoms with van der Waals surface area (Å²) >= 11 is 6.03. The van der Waals surface area contributed by atoms with Crippen molar-refractivity contribution in [3.05, 3.63) is 83.1 Å². The van der Waals surface area contributed by atoms with E-state index in [-0.39, 0.29) is 0 Å². The summed E-state index contributed by atoms with van der Waals surface area (Å²) in [4.78, 5) is 20.0. The van der Waals surface area contributed by atoms with Crippen molar-refractivity contribution in [1.82, 2.24) is 9.88 Å². The van der Waals surface area contributed by atoms with E-state index in [1.54, 1.807) is 0 Å². The number of hydrogen-bond donors (Lipinski definition) is 0. The van der Waals surface area contributed by atoms with Crippen LogP contribution in [0.25, 0.3) is 11.1 Å². The largest absolute Gasteiger partial charge is 0.369 e. The molecule has 2 aromatic carbocycles. The summed E-state index contributed by atoms with van der Waals surface area (Å²) < 4.78 is 0. The average Bonchev–Trinajstić information content (AvgIpc) is 2.75. The van der Waals surface area contributed by atoms with Gasteiger partial charge in [-0.05, 0) is 53.6 Å². The normalized spacial score (nSPS) is 14.8. The highest BCUT2D eigenvalue weighted by Crippen LogP contribution is 2.26. The number of halogens is 1. The van der Waals surface area contributed by atoms with Gasteiger partial charge in [0, 0.05) is 67.0 Å². The second-order valence-electron chi connectivity index (χ2n) is 7.01. The zero-order valence-corrected chi connectivity index (χ0v) is 16.3. The number of aromatic nitrogens is 1. The zero-order valence-electron chi connectivity index (χ0n) is 15.6. The van der Waals surface area contributed by atoms with Gasteiger partial charge in [-0.15, -0.1) is 0 Å². The Morgan fingerprint density at radius 1 is 0.929 bits per heavy atom. The van der Waals surface area contributed by atoms with Crippen LogP contribution >= 0.6 is 11.6 Å². The second-order valence-corrected chi connectivity index (χ2v) is 7.45. The first kappa shape index (κ1) is 18.7. The van der Waals surface area contributed by atoms with Crippen molar-refractivity contribution in [3.8, 4) is 11.1 Å². The van der Waals surface area contributed by atoms with Crippen molar-refractivity contribution in [2.24, 2.45) is 0 Å². The van der Waals surface area contributed by atoms with Gasteiger partial charge in [0.2, 0.25) is 0 Å². The number of nitrogens with zero attached hydrogens (tertiary/aromatic N) is 3. The van der Waals surface area contributed by atoms with Crippen LogP contribution in [0.5, 0.6) is 0 Å². The molecule has 142 valence electrons. The van der Waals surface area contributed by atoms with E-state index in [2.05, 4.69) is 20.9 Å². The molecule has 4 rings (SSSR count). The van der Waals surface area contributed by atoms with E-state index >= 15 is 0 Å². The van der Waals surface area contributed by atoms with Gasteiger partial charge in [-0.25, -0.2) is 0 Å². The van der Waals surface area contributed by atoms with E-state index < -0.39 is 0 Å². The minimum Gasteiger partial charge on any atom is -0.369 e. The smallest absolute Gasteiger partial charge is 0.150 e. The molecule has 0 spiro atoms. The Hall–Kier alpha value is -2.69. The number of piperazine rings is 1. The molecule has 1 aliphatic heterocycles. The molecular weight excluding hydrogens is 370 g/mol. The Bertz CT molecular complexity index is 933. The highest BCUT2D eigenvalue weighted by atomic mass is 35.5. The molecule has 4 nitrogen and oxygen atoms in total. The summed E-state index contributed by atoms with van der Waals surface area (Å²) in [6.07, 6.45) is 4.68. The van der Waals surface area contributed by atoms with Gasteiger partial charge in [0.25, 0.3) is 0 Å². The number of carbonyl (C=O) groups is 1. The molecule has 0 amide bonds. The lowest BCUT2D eigenvalue weighted by molar-refractivity contribution is 0.112. The van der Waals surface area contributed by atoms with Gasteiger partial charge >= 0.3 is 0 Å². The molecule has 1 aromatic heterocycles. The van der Waals surface area contributed by atoms with Gasteiger partial charge in [0.1, 0.15) is 6.29 Å². The lowest BCUT2D eigenvalue weighted by Crippen LogP contribution is -2.46. The summed E-state index contributed by atoms with van der Waals surface area (Å²) in [6.45, 7) is 4.84. The Morgan fingerprint density at radius 2 is 1.64 bits per heavy atom. The van der Waals surface area contributed by atoms with E-state index in [1.807, 2.05) is 60.9 Å². The molecule has 0 atom stereocenters. The average molecular weight is 392 g/mol. The Kier molecular flexibility index (Phi) is 5.70. The third-order valence-electron chi connectivity index (χ3n) is 5.23. The van der Waals surface area contributed by atoms with Crippen LogP contribution in [0.15, 0.2) is 67.0 Å². The Balaban J connectivity index is 1.42. The third kappa shape index (κ3) is 4.24. The first-order chi connectivity index (χ1) is 13.7. The van der Waals surface area contributed by atoms with Gasteiger partial charge in [-0.3, -0.25) is 14.7 Å². The quantitative estimate of drug-likeness (QED) is 0.598. The molecule has 0 saturated carbocycles.